The van der Waals surface area contributed by atoms with Crippen molar-refractivity contribution in [1.29, 1.82) is 0 Å². The Bertz CT molecular complexity index is 1340. The van der Waals surface area contributed by atoms with Gasteiger partial charge in [-0.15, -0.1) is 0 Å². The van der Waals surface area contributed by atoms with Crippen LogP contribution in [0.15, 0.2) is 66.7 Å². The summed E-state index contributed by atoms with van der Waals surface area (Å²) in [6.07, 6.45) is -3.76. The quantitative estimate of drug-likeness (QED) is 0.326. The third-order valence-corrected chi connectivity index (χ3v) is 6.53. The Kier molecular flexibility index (Phi) is 9.03. The maximum Gasteiger partial charge on any atom is 0.416 e. The van der Waals surface area contributed by atoms with Crippen molar-refractivity contribution in [1.82, 2.24) is 5.32 Å². The number of methoxy groups -OCH3 is 1. The highest BCUT2D eigenvalue weighted by Gasteiger charge is 2.30. The number of para-hydroxylation sites is 2. The molecular formula is C29H32F3N5O3. The number of hydrogen-bond donors (Lipinski definition) is 3. The molecule has 1 fully saturated rings. The number of nitrogens with one attached hydrogen (secondary N) is 3. The van der Waals surface area contributed by atoms with Crippen LogP contribution in [-0.2, 0) is 6.18 Å². The Morgan fingerprint density at radius 1 is 0.850 bits per heavy atom. The van der Waals surface area contributed by atoms with Gasteiger partial charge in [-0.3, -0.25) is 4.79 Å². The highest BCUT2D eigenvalue weighted by molar-refractivity contribution is 6.04. The SMILES string of the molecule is CCCNC(=O)c1cc(NC(=O)Nc2cccc(C(F)(F)F)c2)ccc1N1CCN(c2ccccc2OC)CC1. The lowest BCUT2D eigenvalue weighted by molar-refractivity contribution is -0.137. The van der Waals surface area contributed by atoms with Crippen molar-refractivity contribution in [2.45, 2.75) is 19.5 Å². The molecule has 40 heavy (non-hydrogen) atoms. The van der Waals surface area contributed by atoms with E-state index in [0.29, 0.717) is 30.9 Å². The topological polar surface area (TPSA) is 85.9 Å². The fourth-order valence-corrected chi connectivity index (χ4v) is 4.55. The Hall–Kier alpha value is -4.41. The van der Waals surface area contributed by atoms with Crippen LogP contribution in [0.1, 0.15) is 29.3 Å². The van der Waals surface area contributed by atoms with Gasteiger partial charge in [0.25, 0.3) is 5.91 Å². The molecule has 0 unspecified atom stereocenters. The maximum absolute atomic E-state index is 13.1. The fourth-order valence-electron chi connectivity index (χ4n) is 4.55. The van der Waals surface area contributed by atoms with E-state index in [-0.39, 0.29) is 11.6 Å². The minimum absolute atomic E-state index is 0.00206. The van der Waals surface area contributed by atoms with Gasteiger partial charge in [-0.25, -0.2) is 4.79 Å². The van der Waals surface area contributed by atoms with Crippen LogP contribution in [0.25, 0.3) is 0 Å². The number of hydrogen-bond acceptors (Lipinski definition) is 5. The monoisotopic (exact) mass is 555 g/mol. The number of carbonyl (C=O) groups is 2. The number of alkyl halides is 3. The van der Waals surface area contributed by atoms with E-state index in [0.717, 1.165) is 48.8 Å². The summed E-state index contributed by atoms with van der Waals surface area (Å²) in [5.41, 5.74) is 1.61. The van der Waals surface area contributed by atoms with Crippen molar-refractivity contribution < 1.29 is 27.5 Å². The summed E-state index contributed by atoms with van der Waals surface area (Å²) >= 11 is 0. The largest absolute Gasteiger partial charge is 0.495 e. The molecule has 1 aliphatic heterocycles. The van der Waals surface area contributed by atoms with E-state index in [4.69, 9.17) is 4.74 Å². The third-order valence-electron chi connectivity index (χ3n) is 6.53. The second kappa shape index (κ2) is 12.6. The summed E-state index contributed by atoms with van der Waals surface area (Å²) in [6, 6.07) is 16.5. The molecule has 1 aliphatic rings. The van der Waals surface area contributed by atoms with Crippen LogP contribution >= 0.6 is 0 Å². The Labute approximate surface area is 231 Å². The highest BCUT2D eigenvalue weighted by atomic mass is 19.4. The number of urea groups is 1. The first kappa shape index (κ1) is 28.6. The van der Waals surface area contributed by atoms with E-state index in [2.05, 4.69) is 25.8 Å². The van der Waals surface area contributed by atoms with E-state index in [9.17, 15) is 22.8 Å². The van der Waals surface area contributed by atoms with Gasteiger partial charge < -0.3 is 30.5 Å². The highest BCUT2D eigenvalue weighted by Crippen LogP contribution is 2.32. The van der Waals surface area contributed by atoms with Gasteiger partial charge in [0.2, 0.25) is 0 Å². The van der Waals surface area contributed by atoms with Crippen LogP contribution < -0.4 is 30.5 Å². The number of amides is 3. The van der Waals surface area contributed by atoms with Gasteiger partial charge in [-0.2, -0.15) is 13.2 Å². The lowest BCUT2D eigenvalue weighted by Crippen LogP contribution is -2.47. The van der Waals surface area contributed by atoms with Crippen molar-refractivity contribution >= 4 is 34.7 Å². The molecule has 0 bridgehead atoms. The van der Waals surface area contributed by atoms with E-state index in [1.54, 1.807) is 25.3 Å². The van der Waals surface area contributed by atoms with E-state index < -0.39 is 17.8 Å². The fraction of sp³-hybridized carbons (Fsp3) is 0.310. The molecule has 0 aromatic heterocycles. The lowest BCUT2D eigenvalue weighted by Gasteiger charge is -2.38. The first-order chi connectivity index (χ1) is 19.2. The van der Waals surface area contributed by atoms with E-state index >= 15 is 0 Å². The van der Waals surface area contributed by atoms with Crippen LogP contribution in [0, 0.1) is 0 Å². The zero-order valence-corrected chi connectivity index (χ0v) is 22.3. The summed E-state index contributed by atoms with van der Waals surface area (Å²) in [7, 11) is 1.64. The summed E-state index contributed by atoms with van der Waals surface area (Å²) < 4.78 is 44.5. The van der Waals surface area contributed by atoms with Crippen molar-refractivity contribution in [2.75, 3.05) is 60.3 Å². The molecule has 1 saturated heterocycles. The Balaban J connectivity index is 1.49. The smallest absolute Gasteiger partial charge is 0.416 e. The van der Waals surface area contributed by atoms with Crippen molar-refractivity contribution in [3.05, 3.63) is 77.9 Å². The molecule has 4 rings (SSSR count). The second-order valence-electron chi connectivity index (χ2n) is 9.29. The van der Waals surface area contributed by atoms with Crippen molar-refractivity contribution in [3.63, 3.8) is 0 Å². The first-order valence-corrected chi connectivity index (χ1v) is 13.0. The summed E-state index contributed by atoms with van der Waals surface area (Å²) in [6.45, 7) is 5.21. The zero-order valence-electron chi connectivity index (χ0n) is 22.3. The molecule has 0 saturated carbocycles. The first-order valence-electron chi connectivity index (χ1n) is 13.0. The zero-order chi connectivity index (χ0) is 28.7. The maximum atomic E-state index is 13.1. The van der Waals surface area contributed by atoms with Crippen molar-refractivity contribution in [3.8, 4) is 5.75 Å². The molecule has 3 aromatic rings. The van der Waals surface area contributed by atoms with Crippen LogP contribution in [0.5, 0.6) is 5.75 Å². The van der Waals surface area contributed by atoms with Crippen LogP contribution in [0.3, 0.4) is 0 Å². The van der Waals surface area contributed by atoms with Crippen LogP contribution in [-0.4, -0.2) is 51.8 Å². The van der Waals surface area contributed by atoms with Crippen molar-refractivity contribution in [2.24, 2.45) is 0 Å². The van der Waals surface area contributed by atoms with Crippen LogP contribution in [0.4, 0.5) is 40.7 Å². The second-order valence-corrected chi connectivity index (χ2v) is 9.29. The van der Waals surface area contributed by atoms with Gasteiger partial charge in [0, 0.05) is 49.8 Å². The molecule has 3 amide bonds. The summed E-state index contributed by atoms with van der Waals surface area (Å²) in [4.78, 5) is 30.0. The van der Waals surface area contributed by atoms with Gasteiger partial charge in [0.15, 0.2) is 0 Å². The number of rotatable bonds is 8. The predicted octanol–water partition coefficient (Wildman–Crippen LogP) is 5.82. The summed E-state index contributed by atoms with van der Waals surface area (Å²) in [5.74, 6) is 0.528. The number of carbonyl (C=O) groups excluding carboxylic acids is 2. The molecule has 11 heteroatoms. The number of nitrogens with zero attached hydrogens (tertiary/aromatic N) is 2. The number of anilines is 4. The number of benzene rings is 3. The summed E-state index contributed by atoms with van der Waals surface area (Å²) in [5, 5.41) is 7.93. The molecule has 3 N–H and O–H groups in total. The minimum atomic E-state index is -4.52. The van der Waals surface area contributed by atoms with Crippen LogP contribution in [0.2, 0.25) is 0 Å². The molecule has 8 nitrogen and oxygen atoms in total. The average molecular weight is 556 g/mol. The molecule has 3 aromatic carbocycles. The average Bonchev–Trinajstić information content (AvgIpc) is 2.95. The standard InChI is InChI=1S/C29H32F3N5O3/c1-3-13-33-27(38)23-19-22(35-28(39)34-21-8-6-7-20(18-21)29(30,31)32)11-12-24(23)36-14-16-37(17-15-36)25-9-4-5-10-26(25)40-2/h4-12,18-19H,3,13-17H2,1-2H3,(H,33,38)(H2,34,35,39). The molecule has 0 atom stereocenters. The molecule has 1 heterocycles. The molecular weight excluding hydrogens is 523 g/mol. The normalized spacial score (nSPS) is 13.5. The molecule has 212 valence electrons. The number of halogens is 3. The number of ether oxygens (including phenoxy) is 1. The van der Waals surface area contributed by atoms with Gasteiger partial charge in [0.1, 0.15) is 5.75 Å². The minimum Gasteiger partial charge on any atom is -0.495 e. The number of piperazine rings is 1. The molecule has 0 spiro atoms. The third kappa shape index (κ3) is 6.96. The van der Waals surface area contributed by atoms with Gasteiger partial charge in [-0.05, 0) is 55.0 Å². The Morgan fingerprint density at radius 3 is 2.15 bits per heavy atom. The van der Waals surface area contributed by atoms with E-state index in [1.807, 2.05) is 31.2 Å². The molecule has 0 aliphatic carbocycles. The predicted molar refractivity (Wildman–Crippen MR) is 151 cm³/mol. The van der Waals surface area contributed by atoms with Gasteiger partial charge in [0.05, 0.1) is 23.9 Å². The van der Waals surface area contributed by atoms with E-state index in [1.165, 1.54) is 12.1 Å². The Morgan fingerprint density at radius 2 is 1.50 bits per heavy atom. The lowest BCUT2D eigenvalue weighted by atomic mass is 10.1. The van der Waals surface area contributed by atoms with Gasteiger partial charge >= 0.3 is 12.2 Å². The molecule has 0 radical (unpaired) electrons. The van der Waals surface area contributed by atoms with Gasteiger partial charge in [-0.1, -0.05) is 25.1 Å².